The molecule has 0 aliphatic carbocycles. The van der Waals surface area contributed by atoms with Gasteiger partial charge in [0, 0.05) is 19.2 Å². The van der Waals surface area contributed by atoms with E-state index < -0.39 is 0 Å². The third kappa shape index (κ3) is 5.35. The van der Waals surface area contributed by atoms with Crippen molar-refractivity contribution in [1.29, 1.82) is 0 Å². The molecule has 0 aliphatic heterocycles. The molecule has 0 radical (unpaired) electrons. The van der Waals surface area contributed by atoms with E-state index in [2.05, 4.69) is 26.8 Å². The summed E-state index contributed by atoms with van der Waals surface area (Å²) in [7, 11) is 1.86. The number of amides is 1. The van der Waals surface area contributed by atoms with Crippen LogP contribution in [0.25, 0.3) is 0 Å². The molecular formula is C16H27NO. The van der Waals surface area contributed by atoms with E-state index in [0.29, 0.717) is 5.92 Å². The zero-order valence-electron chi connectivity index (χ0n) is 12.7. The zero-order chi connectivity index (χ0) is 14.1. The van der Waals surface area contributed by atoms with Crippen molar-refractivity contribution in [3.63, 3.8) is 0 Å². The van der Waals surface area contributed by atoms with Gasteiger partial charge < -0.3 is 4.90 Å². The molecular weight excluding hydrogens is 222 g/mol. The molecule has 0 bridgehead atoms. The van der Waals surface area contributed by atoms with E-state index in [-0.39, 0.29) is 5.91 Å². The first-order valence-electron chi connectivity index (χ1n) is 6.89. The maximum Gasteiger partial charge on any atom is 0.253 e. The van der Waals surface area contributed by atoms with Gasteiger partial charge in [-0.3, -0.25) is 4.79 Å². The Balaban J connectivity index is 0.00000137. The molecule has 2 heteroatoms. The summed E-state index contributed by atoms with van der Waals surface area (Å²) >= 11 is 0. The lowest BCUT2D eigenvalue weighted by atomic mass is 10.1. The molecule has 2 nitrogen and oxygen atoms in total. The van der Waals surface area contributed by atoms with E-state index in [1.54, 1.807) is 4.90 Å². The van der Waals surface area contributed by atoms with Crippen LogP contribution in [0.15, 0.2) is 24.3 Å². The summed E-state index contributed by atoms with van der Waals surface area (Å²) in [5, 5.41) is 0. The van der Waals surface area contributed by atoms with E-state index in [1.807, 2.05) is 39.1 Å². The summed E-state index contributed by atoms with van der Waals surface area (Å²) in [4.78, 5) is 13.9. The molecule has 18 heavy (non-hydrogen) atoms. The molecule has 102 valence electrons. The summed E-state index contributed by atoms with van der Waals surface area (Å²) in [5.41, 5.74) is 2.01. The quantitative estimate of drug-likeness (QED) is 0.789. The molecule has 1 aromatic rings. The van der Waals surface area contributed by atoms with Gasteiger partial charge in [-0.2, -0.15) is 0 Å². The summed E-state index contributed by atoms with van der Waals surface area (Å²) < 4.78 is 0. The van der Waals surface area contributed by atoms with Crippen LogP contribution in [0.1, 0.15) is 50.5 Å². The van der Waals surface area contributed by atoms with Crippen molar-refractivity contribution in [2.45, 2.75) is 41.0 Å². The van der Waals surface area contributed by atoms with Crippen molar-refractivity contribution in [2.75, 3.05) is 13.6 Å². The van der Waals surface area contributed by atoms with Crippen LogP contribution in [0.4, 0.5) is 0 Å². The maximum atomic E-state index is 12.1. The number of aryl methyl sites for hydroxylation is 1. The van der Waals surface area contributed by atoms with Gasteiger partial charge in [0.2, 0.25) is 0 Å². The third-order valence-electron chi connectivity index (χ3n) is 2.57. The van der Waals surface area contributed by atoms with Crippen LogP contribution in [0, 0.1) is 5.92 Å². The lowest BCUT2D eigenvalue weighted by Gasteiger charge is -2.19. The summed E-state index contributed by atoms with van der Waals surface area (Å²) in [5.74, 6) is 0.618. The Bertz CT molecular complexity index is 358. The first-order valence-corrected chi connectivity index (χ1v) is 6.89. The largest absolute Gasteiger partial charge is 0.341 e. The van der Waals surface area contributed by atoms with Crippen molar-refractivity contribution in [1.82, 2.24) is 4.90 Å². The Morgan fingerprint density at radius 2 is 1.89 bits per heavy atom. The molecule has 0 spiro atoms. The van der Waals surface area contributed by atoms with E-state index in [9.17, 15) is 4.79 Å². The van der Waals surface area contributed by atoms with Gasteiger partial charge in [-0.25, -0.2) is 0 Å². The summed E-state index contributed by atoms with van der Waals surface area (Å²) in [6.45, 7) is 11.1. The second kappa shape index (κ2) is 8.73. The molecule has 0 N–H and O–H groups in total. The molecule has 0 aliphatic rings. The third-order valence-corrected chi connectivity index (χ3v) is 2.57. The SMILES string of the molecule is CC.CCc1cccc(C(=O)N(C)CC(C)C)c1. The number of hydrogen-bond acceptors (Lipinski definition) is 1. The first kappa shape index (κ1) is 16.7. The van der Waals surface area contributed by atoms with Crippen molar-refractivity contribution in [3.8, 4) is 0 Å². The number of carbonyl (C=O) groups excluding carboxylic acids is 1. The first-order chi connectivity index (χ1) is 8.54. The fraction of sp³-hybridized carbons (Fsp3) is 0.562. The van der Waals surface area contributed by atoms with Crippen molar-refractivity contribution in [2.24, 2.45) is 5.92 Å². The van der Waals surface area contributed by atoms with Crippen LogP contribution >= 0.6 is 0 Å². The van der Waals surface area contributed by atoms with Gasteiger partial charge in [-0.05, 0) is 30.0 Å². The molecule has 0 unspecified atom stereocenters. The van der Waals surface area contributed by atoms with Crippen LogP contribution in [0.2, 0.25) is 0 Å². The summed E-state index contributed by atoms with van der Waals surface area (Å²) in [6.07, 6.45) is 0.967. The fourth-order valence-electron chi connectivity index (χ4n) is 1.78. The molecule has 1 rings (SSSR count). The van der Waals surface area contributed by atoms with Crippen LogP contribution in [0.3, 0.4) is 0 Å². The average molecular weight is 249 g/mol. The van der Waals surface area contributed by atoms with Gasteiger partial charge in [0.1, 0.15) is 0 Å². The highest BCUT2D eigenvalue weighted by molar-refractivity contribution is 5.94. The van der Waals surface area contributed by atoms with Gasteiger partial charge in [0.15, 0.2) is 0 Å². The van der Waals surface area contributed by atoms with E-state index in [1.165, 1.54) is 5.56 Å². The van der Waals surface area contributed by atoms with E-state index in [4.69, 9.17) is 0 Å². The Hall–Kier alpha value is -1.31. The molecule has 0 saturated heterocycles. The molecule has 1 aromatic carbocycles. The zero-order valence-corrected chi connectivity index (χ0v) is 12.7. The molecule has 0 aromatic heterocycles. The second-order valence-corrected chi connectivity index (χ2v) is 4.63. The Labute approximate surface area is 112 Å². The monoisotopic (exact) mass is 249 g/mol. The molecule has 0 heterocycles. The number of carbonyl (C=O) groups is 1. The van der Waals surface area contributed by atoms with Gasteiger partial charge in [0.05, 0.1) is 0 Å². The minimum atomic E-state index is 0.115. The lowest BCUT2D eigenvalue weighted by Crippen LogP contribution is -2.30. The van der Waals surface area contributed by atoms with Crippen LogP contribution in [-0.2, 0) is 6.42 Å². The Morgan fingerprint density at radius 3 is 2.39 bits per heavy atom. The number of benzene rings is 1. The summed E-state index contributed by atoms with van der Waals surface area (Å²) in [6, 6.07) is 7.88. The fourth-order valence-corrected chi connectivity index (χ4v) is 1.78. The number of rotatable bonds is 4. The lowest BCUT2D eigenvalue weighted by molar-refractivity contribution is 0.0779. The smallest absolute Gasteiger partial charge is 0.253 e. The molecule has 0 atom stereocenters. The van der Waals surface area contributed by atoms with Crippen LogP contribution in [0.5, 0.6) is 0 Å². The normalized spacial score (nSPS) is 9.72. The minimum absolute atomic E-state index is 0.115. The highest BCUT2D eigenvalue weighted by Gasteiger charge is 2.12. The Kier molecular flexibility index (Phi) is 8.10. The van der Waals surface area contributed by atoms with Gasteiger partial charge in [-0.15, -0.1) is 0 Å². The standard InChI is InChI=1S/C14H21NO.C2H6/c1-5-12-7-6-8-13(9-12)14(16)15(4)10-11(2)3;1-2/h6-9,11H,5,10H2,1-4H3;1-2H3. The van der Waals surface area contributed by atoms with Crippen molar-refractivity contribution in [3.05, 3.63) is 35.4 Å². The predicted octanol–water partition coefficient (Wildman–Crippen LogP) is 4.00. The number of hydrogen-bond donors (Lipinski definition) is 0. The highest BCUT2D eigenvalue weighted by atomic mass is 16.2. The topological polar surface area (TPSA) is 20.3 Å². The van der Waals surface area contributed by atoms with Gasteiger partial charge in [0.25, 0.3) is 5.91 Å². The maximum absolute atomic E-state index is 12.1. The molecule has 0 fully saturated rings. The van der Waals surface area contributed by atoms with Gasteiger partial charge >= 0.3 is 0 Å². The molecule has 0 saturated carbocycles. The van der Waals surface area contributed by atoms with Crippen molar-refractivity contribution < 1.29 is 4.79 Å². The van der Waals surface area contributed by atoms with Crippen LogP contribution < -0.4 is 0 Å². The molecule has 1 amide bonds. The Morgan fingerprint density at radius 1 is 1.28 bits per heavy atom. The van der Waals surface area contributed by atoms with E-state index in [0.717, 1.165) is 18.5 Å². The van der Waals surface area contributed by atoms with Crippen LogP contribution in [-0.4, -0.2) is 24.4 Å². The van der Waals surface area contributed by atoms with Crippen molar-refractivity contribution >= 4 is 5.91 Å². The van der Waals surface area contributed by atoms with E-state index >= 15 is 0 Å². The number of nitrogens with zero attached hydrogens (tertiary/aromatic N) is 1. The predicted molar refractivity (Wildman–Crippen MR) is 79.0 cm³/mol. The highest BCUT2D eigenvalue weighted by Crippen LogP contribution is 2.09. The minimum Gasteiger partial charge on any atom is -0.341 e. The average Bonchev–Trinajstić information content (AvgIpc) is 2.39. The second-order valence-electron chi connectivity index (χ2n) is 4.63. The van der Waals surface area contributed by atoms with Gasteiger partial charge in [-0.1, -0.05) is 46.8 Å².